The highest BCUT2D eigenvalue weighted by atomic mass is 32.2. The van der Waals surface area contributed by atoms with Gasteiger partial charge in [-0.25, -0.2) is 14.8 Å². The van der Waals surface area contributed by atoms with Crippen molar-refractivity contribution in [3.05, 3.63) is 30.1 Å². The van der Waals surface area contributed by atoms with Crippen molar-refractivity contribution < 1.29 is 22.7 Å². The van der Waals surface area contributed by atoms with Crippen molar-refractivity contribution in [2.45, 2.75) is 37.7 Å². The van der Waals surface area contributed by atoms with Crippen LogP contribution in [0.1, 0.15) is 26.5 Å². The summed E-state index contributed by atoms with van der Waals surface area (Å²) in [7, 11) is 0. The fourth-order valence-electron chi connectivity index (χ4n) is 1.85. The Hall–Kier alpha value is -2.03. The molecule has 0 aliphatic rings. The van der Waals surface area contributed by atoms with Crippen molar-refractivity contribution in [3.63, 3.8) is 0 Å². The van der Waals surface area contributed by atoms with Gasteiger partial charge in [-0.2, -0.15) is 13.2 Å². The smallest absolute Gasteiger partial charge is 0.433 e. The summed E-state index contributed by atoms with van der Waals surface area (Å²) in [6.07, 6.45) is -2.31. The third-order valence-corrected chi connectivity index (χ3v) is 3.33. The second kappa shape index (κ2) is 6.46. The molecule has 0 aliphatic carbocycles. The van der Waals surface area contributed by atoms with E-state index in [1.807, 2.05) is 0 Å². The molecule has 2 rings (SSSR count). The minimum absolute atomic E-state index is 0.00228. The van der Waals surface area contributed by atoms with Crippen LogP contribution in [0.4, 0.5) is 18.0 Å². The van der Waals surface area contributed by atoms with Gasteiger partial charge in [0.25, 0.3) is 0 Å². The van der Waals surface area contributed by atoms with Gasteiger partial charge in [0.1, 0.15) is 11.3 Å². The maximum atomic E-state index is 13.0. The molecular formula is C15H16F3N3O2S. The van der Waals surface area contributed by atoms with Gasteiger partial charge in [-0.3, -0.25) is 4.57 Å². The van der Waals surface area contributed by atoms with Crippen LogP contribution in [0.5, 0.6) is 0 Å². The van der Waals surface area contributed by atoms with E-state index in [1.165, 1.54) is 18.3 Å². The molecule has 0 N–H and O–H groups in total. The van der Waals surface area contributed by atoms with Gasteiger partial charge >= 0.3 is 12.3 Å². The van der Waals surface area contributed by atoms with E-state index in [9.17, 15) is 18.0 Å². The highest BCUT2D eigenvalue weighted by Crippen LogP contribution is 2.32. The number of rotatable bonds is 2. The molecule has 0 aromatic carbocycles. The van der Waals surface area contributed by atoms with Crippen molar-refractivity contribution in [3.8, 4) is 11.4 Å². The second-order valence-corrected chi connectivity index (χ2v) is 6.64. The molecule has 0 saturated heterocycles. The summed E-state index contributed by atoms with van der Waals surface area (Å²) in [5.41, 5.74) is -1.59. The van der Waals surface area contributed by atoms with Crippen LogP contribution in [0.25, 0.3) is 11.4 Å². The predicted octanol–water partition coefficient (Wildman–Crippen LogP) is 4.47. The first-order valence-electron chi connectivity index (χ1n) is 6.92. The van der Waals surface area contributed by atoms with Crippen LogP contribution in [0.2, 0.25) is 0 Å². The third kappa shape index (κ3) is 4.28. The number of halogens is 3. The van der Waals surface area contributed by atoms with E-state index >= 15 is 0 Å². The summed E-state index contributed by atoms with van der Waals surface area (Å²) in [6, 6.07) is 3.85. The molecule has 2 aromatic rings. The molecule has 0 bridgehead atoms. The number of carbonyl (C=O) groups excluding carboxylic acids is 1. The molecule has 5 nitrogen and oxygen atoms in total. The van der Waals surface area contributed by atoms with Gasteiger partial charge in [-0.15, -0.1) is 0 Å². The average molecular weight is 359 g/mol. The molecule has 130 valence electrons. The van der Waals surface area contributed by atoms with E-state index in [1.54, 1.807) is 27.0 Å². The Labute approximate surface area is 141 Å². The molecule has 0 radical (unpaired) electrons. The second-order valence-electron chi connectivity index (χ2n) is 5.87. The summed E-state index contributed by atoms with van der Waals surface area (Å²) < 4.78 is 45.4. The fourth-order valence-corrected chi connectivity index (χ4v) is 2.23. The predicted molar refractivity (Wildman–Crippen MR) is 83.9 cm³/mol. The molecule has 9 heteroatoms. The molecule has 0 atom stereocenters. The quantitative estimate of drug-likeness (QED) is 0.585. The number of nitrogens with zero attached hydrogens (tertiary/aromatic N) is 3. The standard InChI is InChI=1S/C15H16F3N3O2S/c1-14(2,3)23-13(22)21-7-5-6-10(21)9-8-11(15(16,17)18)20-12(19-9)24-4/h5-8H,1-4H3. The van der Waals surface area contributed by atoms with Crippen molar-refractivity contribution in [1.29, 1.82) is 0 Å². The Morgan fingerprint density at radius 1 is 1.25 bits per heavy atom. The minimum atomic E-state index is -4.61. The van der Waals surface area contributed by atoms with Crippen LogP contribution in [0.15, 0.2) is 29.6 Å². The number of alkyl halides is 3. The number of aromatic nitrogens is 3. The lowest BCUT2D eigenvalue weighted by Gasteiger charge is -2.20. The molecule has 0 aliphatic heterocycles. The summed E-state index contributed by atoms with van der Waals surface area (Å²) in [5.74, 6) is 0. The Kier molecular flexibility index (Phi) is 4.93. The van der Waals surface area contributed by atoms with E-state index in [4.69, 9.17) is 4.74 Å². The number of hydrogen-bond acceptors (Lipinski definition) is 5. The molecule has 24 heavy (non-hydrogen) atoms. The monoisotopic (exact) mass is 359 g/mol. The Bertz CT molecular complexity index is 751. The van der Waals surface area contributed by atoms with Crippen LogP contribution in [0.3, 0.4) is 0 Å². The topological polar surface area (TPSA) is 57.0 Å². The molecular weight excluding hydrogens is 343 g/mol. The van der Waals surface area contributed by atoms with E-state index in [0.717, 1.165) is 22.4 Å². The zero-order valence-corrected chi connectivity index (χ0v) is 14.3. The Morgan fingerprint density at radius 2 is 1.92 bits per heavy atom. The average Bonchev–Trinajstić information content (AvgIpc) is 2.93. The molecule has 0 amide bonds. The van der Waals surface area contributed by atoms with Crippen LogP contribution in [-0.4, -0.2) is 32.5 Å². The highest BCUT2D eigenvalue weighted by molar-refractivity contribution is 7.98. The van der Waals surface area contributed by atoms with Crippen LogP contribution in [-0.2, 0) is 10.9 Å². The van der Waals surface area contributed by atoms with Gasteiger partial charge in [0.05, 0.1) is 11.4 Å². The van der Waals surface area contributed by atoms with Crippen LogP contribution >= 0.6 is 11.8 Å². The number of ether oxygens (including phenoxy) is 1. The SMILES string of the molecule is CSc1nc(-c2cccn2C(=O)OC(C)(C)C)cc(C(F)(F)F)n1. The molecule has 2 aromatic heterocycles. The van der Waals surface area contributed by atoms with Gasteiger partial charge in [-0.1, -0.05) is 11.8 Å². The van der Waals surface area contributed by atoms with Gasteiger partial charge in [0.15, 0.2) is 5.16 Å². The zero-order valence-electron chi connectivity index (χ0n) is 13.5. The van der Waals surface area contributed by atoms with E-state index in [0.29, 0.717) is 0 Å². The van der Waals surface area contributed by atoms with Gasteiger partial charge in [0, 0.05) is 6.20 Å². The van der Waals surface area contributed by atoms with E-state index in [-0.39, 0.29) is 16.5 Å². The normalized spacial score (nSPS) is 12.3. The highest BCUT2D eigenvalue weighted by Gasteiger charge is 2.34. The fraction of sp³-hybridized carbons (Fsp3) is 0.400. The van der Waals surface area contributed by atoms with Crippen molar-refractivity contribution >= 4 is 17.9 Å². The van der Waals surface area contributed by atoms with Crippen molar-refractivity contribution in [2.75, 3.05) is 6.26 Å². The molecule has 0 unspecified atom stereocenters. The zero-order chi connectivity index (χ0) is 18.1. The first kappa shape index (κ1) is 18.3. The summed E-state index contributed by atoms with van der Waals surface area (Å²) in [4.78, 5) is 19.8. The first-order valence-corrected chi connectivity index (χ1v) is 8.15. The van der Waals surface area contributed by atoms with Crippen LogP contribution < -0.4 is 0 Å². The lowest BCUT2D eigenvalue weighted by atomic mass is 10.2. The van der Waals surface area contributed by atoms with Gasteiger partial charge < -0.3 is 4.74 Å². The van der Waals surface area contributed by atoms with Gasteiger partial charge in [0.2, 0.25) is 0 Å². The lowest BCUT2D eigenvalue weighted by molar-refractivity contribution is -0.141. The van der Waals surface area contributed by atoms with Crippen molar-refractivity contribution in [2.24, 2.45) is 0 Å². The maximum Gasteiger partial charge on any atom is 0.433 e. The summed E-state index contributed by atoms with van der Waals surface area (Å²) >= 11 is 0.987. The molecule has 0 saturated carbocycles. The third-order valence-electron chi connectivity index (χ3n) is 2.78. The minimum Gasteiger partial charge on any atom is -0.443 e. The Balaban J connectivity index is 2.50. The first-order chi connectivity index (χ1) is 11.0. The maximum absolute atomic E-state index is 13.0. The van der Waals surface area contributed by atoms with Crippen molar-refractivity contribution in [1.82, 2.24) is 14.5 Å². The number of carbonyl (C=O) groups is 1. The largest absolute Gasteiger partial charge is 0.443 e. The van der Waals surface area contributed by atoms with Crippen LogP contribution in [0, 0.1) is 0 Å². The summed E-state index contributed by atoms with van der Waals surface area (Å²) in [5, 5.41) is -0.0308. The van der Waals surface area contributed by atoms with E-state index in [2.05, 4.69) is 9.97 Å². The molecule has 0 spiro atoms. The van der Waals surface area contributed by atoms with E-state index < -0.39 is 23.6 Å². The summed E-state index contributed by atoms with van der Waals surface area (Å²) in [6.45, 7) is 5.10. The molecule has 2 heterocycles. The lowest BCUT2D eigenvalue weighted by Crippen LogP contribution is -2.27. The molecule has 0 fully saturated rings. The van der Waals surface area contributed by atoms with Gasteiger partial charge in [-0.05, 0) is 45.2 Å². The number of thioether (sulfide) groups is 1. The Morgan fingerprint density at radius 3 is 2.46 bits per heavy atom. The number of hydrogen-bond donors (Lipinski definition) is 0.